The van der Waals surface area contributed by atoms with Crippen molar-refractivity contribution in [3.8, 4) is 0 Å². The van der Waals surface area contributed by atoms with E-state index < -0.39 is 0 Å². The van der Waals surface area contributed by atoms with Crippen LogP contribution in [0, 0.1) is 0 Å². The normalized spacial score (nSPS) is 10.8. The first-order chi connectivity index (χ1) is 8.74. The number of nitrogens with zero attached hydrogens (tertiary/aromatic N) is 2. The van der Waals surface area contributed by atoms with Crippen molar-refractivity contribution < 1.29 is 0 Å². The van der Waals surface area contributed by atoms with Gasteiger partial charge in [-0.15, -0.1) is 0 Å². The smallest absolute Gasteiger partial charge is 0.0445 e. The Kier molecular flexibility index (Phi) is 3.99. The molecule has 0 radical (unpaired) electrons. The molecule has 18 heavy (non-hydrogen) atoms. The lowest BCUT2D eigenvalue weighted by molar-refractivity contribution is 0.714. The topological polar surface area (TPSA) is 54.2 Å². The van der Waals surface area contributed by atoms with Crippen molar-refractivity contribution in [1.82, 2.24) is 10.3 Å². The van der Waals surface area contributed by atoms with E-state index in [2.05, 4.69) is 28.3 Å². The van der Waals surface area contributed by atoms with Gasteiger partial charge in [0.05, 0.1) is 0 Å². The Hall–Kier alpha value is -1.81. The fourth-order valence-corrected chi connectivity index (χ4v) is 2.14. The molecule has 0 bridgehead atoms. The summed E-state index contributed by atoms with van der Waals surface area (Å²) in [6.45, 7) is 2.04. The molecule has 1 aromatic heterocycles. The van der Waals surface area contributed by atoms with Crippen LogP contribution in [0.25, 0.3) is 10.8 Å². The molecule has 4 heteroatoms. The molecule has 4 nitrogen and oxygen atoms in total. The van der Waals surface area contributed by atoms with E-state index in [4.69, 9.17) is 5.73 Å². The number of nitrogens with two attached hydrogens (primary N) is 1. The quantitative estimate of drug-likeness (QED) is 0.622. The van der Waals surface area contributed by atoms with Gasteiger partial charge in [-0.25, -0.2) is 0 Å². The zero-order chi connectivity index (χ0) is 13.0. The van der Waals surface area contributed by atoms with Crippen LogP contribution in [0.3, 0.4) is 0 Å². The number of rotatable bonds is 5. The molecular weight excluding hydrogens is 224 g/mol. The standard InChI is InChI=1S/C14H20N4/c1-16-7-3-9-18(2)14-5-4-13(15)12-10-17-8-6-11(12)14/h4-6,8,10,16H,3,7,9,15H2,1-2H3. The van der Waals surface area contributed by atoms with Crippen LogP contribution in [-0.2, 0) is 0 Å². The van der Waals surface area contributed by atoms with Gasteiger partial charge in [0.15, 0.2) is 0 Å². The highest BCUT2D eigenvalue weighted by atomic mass is 15.1. The maximum absolute atomic E-state index is 5.98. The first kappa shape index (κ1) is 12.6. The minimum atomic E-state index is 0.783. The Morgan fingerprint density at radius 2 is 2.11 bits per heavy atom. The Balaban J connectivity index is 2.30. The van der Waals surface area contributed by atoms with E-state index in [1.165, 1.54) is 5.69 Å². The summed E-state index contributed by atoms with van der Waals surface area (Å²) in [6.07, 6.45) is 4.76. The van der Waals surface area contributed by atoms with Crippen LogP contribution in [0.5, 0.6) is 0 Å². The van der Waals surface area contributed by atoms with Crippen LogP contribution in [0.4, 0.5) is 11.4 Å². The van der Waals surface area contributed by atoms with Gasteiger partial charge in [0.25, 0.3) is 0 Å². The summed E-state index contributed by atoms with van der Waals surface area (Å²) in [5, 5.41) is 5.35. The molecule has 3 N–H and O–H groups in total. The highest BCUT2D eigenvalue weighted by Gasteiger charge is 2.07. The lowest BCUT2D eigenvalue weighted by atomic mass is 10.1. The fraction of sp³-hybridized carbons (Fsp3) is 0.357. The van der Waals surface area contributed by atoms with Gasteiger partial charge in [-0.3, -0.25) is 4.98 Å². The van der Waals surface area contributed by atoms with Gasteiger partial charge in [0.1, 0.15) is 0 Å². The average Bonchev–Trinajstić information content (AvgIpc) is 2.39. The van der Waals surface area contributed by atoms with Gasteiger partial charge in [0, 0.05) is 48.1 Å². The summed E-state index contributed by atoms with van der Waals surface area (Å²) < 4.78 is 0. The van der Waals surface area contributed by atoms with E-state index in [9.17, 15) is 0 Å². The maximum Gasteiger partial charge on any atom is 0.0445 e. The summed E-state index contributed by atoms with van der Waals surface area (Å²) in [5.41, 5.74) is 7.97. The molecule has 0 aliphatic rings. The van der Waals surface area contributed by atoms with Crippen LogP contribution in [0.2, 0.25) is 0 Å². The number of hydrogen-bond donors (Lipinski definition) is 2. The summed E-state index contributed by atoms with van der Waals surface area (Å²) in [5.74, 6) is 0. The van der Waals surface area contributed by atoms with Crippen molar-refractivity contribution in [3.63, 3.8) is 0 Å². The predicted octanol–water partition coefficient (Wildman–Crippen LogP) is 1.86. The highest BCUT2D eigenvalue weighted by Crippen LogP contribution is 2.29. The number of nitrogens with one attached hydrogen (secondary N) is 1. The molecule has 0 aliphatic carbocycles. The molecule has 0 fully saturated rings. The number of aromatic nitrogens is 1. The summed E-state index contributed by atoms with van der Waals surface area (Å²) in [4.78, 5) is 6.40. The van der Waals surface area contributed by atoms with Gasteiger partial charge in [-0.2, -0.15) is 0 Å². The van der Waals surface area contributed by atoms with E-state index in [1.807, 2.05) is 31.6 Å². The second-order valence-electron chi connectivity index (χ2n) is 4.47. The van der Waals surface area contributed by atoms with E-state index in [-0.39, 0.29) is 0 Å². The number of anilines is 2. The summed E-state index contributed by atoms with van der Waals surface area (Å²) in [6, 6.07) is 6.06. The minimum Gasteiger partial charge on any atom is -0.398 e. The van der Waals surface area contributed by atoms with E-state index in [0.29, 0.717) is 0 Å². The number of hydrogen-bond acceptors (Lipinski definition) is 4. The predicted molar refractivity (Wildman–Crippen MR) is 78.0 cm³/mol. The van der Waals surface area contributed by atoms with Crippen molar-refractivity contribution in [1.29, 1.82) is 0 Å². The van der Waals surface area contributed by atoms with Crippen LogP contribution in [0.15, 0.2) is 30.6 Å². The summed E-state index contributed by atoms with van der Waals surface area (Å²) >= 11 is 0. The highest BCUT2D eigenvalue weighted by molar-refractivity contribution is 6.00. The van der Waals surface area contributed by atoms with Crippen LogP contribution < -0.4 is 16.0 Å². The third-order valence-electron chi connectivity index (χ3n) is 3.16. The second-order valence-corrected chi connectivity index (χ2v) is 4.47. The van der Waals surface area contributed by atoms with E-state index >= 15 is 0 Å². The molecular formula is C14H20N4. The van der Waals surface area contributed by atoms with Crippen LogP contribution >= 0.6 is 0 Å². The van der Waals surface area contributed by atoms with Crippen molar-refractivity contribution >= 4 is 22.1 Å². The van der Waals surface area contributed by atoms with Gasteiger partial charge in [-0.05, 0) is 38.2 Å². The average molecular weight is 244 g/mol. The fourth-order valence-electron chi connectivity index (χ4n) is 2.14. The third kappa shape index (κ3) is 2.54. The molecule has 0 saturated heterocycles. The molecule has 2 rings (SSSR count). The molecule has 1 heterocycles. The first-order valence-corrected chi connectivity index (χ1v) is 6.22. The molecule has 0 saturated carbocycles. The second kappa shape index (κ2) is 5.69. The number of nitrogen functional groups attached to an aromatic ring is 1. The molecule has 0 atom stereocenters. The van der Waals surface area contributed by atoms with E-state index in [1.54, 1.807) is 0 Å². The van der Waals surface area contributed by atoms with Gasteiger partial charge >= 0.3 is 0 Å². The largest absolute Gasteiger partial charge is 0.398 e. The van der Waals surface area contributed by atoms with Gasteiger partial charge in [-0.1, -0.05) is 0 Å². The number of pyridine rings is 1. The Labute approximate surface area is 108 Å². The van der Waals surface area contributed by atoms with Crippen molar-refractivity contribution in [2.45, 2.75) is 6.42 Å². The SMILES string of the molecule is CNCCCN(C)c1ccc(N)c2cnccc12. The lowest BCUT2D eigenvalue weighted by Gasteiger charge is -2.21. The van der Waals surface area contributed by atoms with Crippen LogP contribution in [0.1, 0.15) is 6.42 Å². The minimum absolute atomic E-state index is 0.783. The molecule has 0 unspecified atom stereocenters. The zero-order valence-corrected chi connectivity index (χ0v) is 11.0. The van der Waals surface area contributed by atoms with Crippen molar-refractivity contribution in [2.75, 3.05) is 37.8 Å². The van der Waals surface area contributed by atoms with E-state index in [0.717, 1.165) is 36.0 Å². The van der Waals surface area contributed by atoms with Crippen molar-refractivity contribution in [3.05, 3.63) is 30.6 Å². The molecule has 2 aromatic rings. The Bertz CT molecular complexity index is 524. The first-order valence-electron chi connectivity index (χ1n) is 6.22. The monoisotopic (exact) mass is 244 g/mol. The van der Waals surface area contributed by atoms with Gasteiger partial charge < -0.3 is 16.0 Å². The van der Waals surface area contributed by atoms with Crippen LogP contribution in [-0.4, -0.2) is 32.2 Å². The van der Waals surface area contributed by atoms with Gasteiger partial charge in [0.2, 0.25) is 0 Å². The molecule has 1 aromatic carbocycles. The third-order valence-corrected chi connectivity index (χ3v) is 3.16. The molecule has 96 valence electrons. The number of benzene rings is 1. The number of fused-ring (bicyclic) bond motifs is 1. The maximum atomic E-state index is 5.98. The van der Waals surface area contributed by atoms with Crippen molar-refractivity contribution in [2.24, 2.45) is 0 Å². The molecule has 0 amide bonds. The lowest BCUT2D eigenvalue weighted by Crippen LogP contribution is -2.22. The summed E-state index contributed by atoms with van der Waals surface area (Å²) in [7, 11) is 4.09. The molecule has 0 aliphatic heterocycles. The molecule has 0 spiro atoms. The zero-order valence-electron chi connectivity index (χ0n) is 11.0. The Morgan fingerprint density at radius 1 is 1.28 bits per heavy atom. The Morgan fingerprint density at radius 3 is 2.89 bits per heavy atom.